The van der Waals surface area contributed by atoms with Gasteiger partial charge in [0.1, 0.15) is 22.4 Å². The van der Waals surface area contributed by atoms with E-state index in [0.29, 0.717) is 27.1 Å². The molecule has 32 heavy (non-hydrogen) atoms. The Morgan fingerprint density at radius 3 is 2.12 bits per heavy atom. The second-order valence-corrected chi connectivity index (χ2v) is 10.1. The van der Waals surface area contributed by atoms with Crippen molar-refractivity contribution in [1.82, 2.24) is 9.55 Å². The molecule has 0 aliphatic rings. The summed E-state index contributed by atoms with van der Waals surface area (Å²) in [6, 6.07) is 21.7. The maximum absolute atomic E-state index is 13.0. The number of para-hydroxylation sites is 1. The lowest BCUT2D eigenvalue weighted by molar-refractivity contribution is 0.101. The Hall–Kier alpha value is -2.64. The summed E-state index contributed by atoms with van der Waals surface area (Å²) in [4.78, 5) is 17.4. The van der Waals surface area contributed by atoms with Crippen LogP contribution in [0.1, 0.15) is 10.5 Å². The third kappa shape index (κ3) is 4.45. The first-order valence-corrected chi connectivity index (χ1v) is 12.2. The maximum Gasteiger partial charge on any atom is 0.199 e. The van der Waals surface area contributed by atoms with E-state index < -0.39 is 21.4 Å². The van der Waals surface area contributed by atoms with Crippen LogP contribution in [0.15, 0.2) is 83.8 Å². The molecule has 3 aromatic carbocycles. The van der Waals surface area contributed by atoms with E-state index in [1.807, 2.05) is 18.2 Å². The maximum atomic E-state index is 13.0. The van der Waals surface area contributed by atoms with Crippen LogP contribution >= 0.6 is 34.8 Å². The Labute approximate surface area is 200 Å². The molecule has 0 saturated carbocycles. The fraction of sp³-hybridized carbons (Fsp3) is 0.0435. The lowest BCUT2D eigenvalue weighted by Crippen LogP contribution is -2.17. The zero-order valence-corrected chi connectivity index (χ0v) is 19.5. The number of carbonyl (C=O) groups excluding carboxylic acids is 1. The zero-order chi connectivity index (χ0) is 22.9. The van der Waals surface area contributed by atoms with Crippen molar-refractivity contribution in [2.45, 2.75) is 4.90 Å². The van der Waals surface area contributed by atoms with Crippen LogP contribution in [0.25, 0.3) is 17.1 Å². The van der Waals surface area contributed by atoms with Gasteiger partial charge in [0.05, 0.1) is 9.92 Å². The van der Waals surface area contributed by atoms with Crippen molar-refractivity contribution in [3.63, 3.8) is 0 Å². The van der Waals surface area contributed by atoms with E-state index in [0.717, 1.165) is 0 Å². The quantitative estimate of drug-likeness (QED) is 0.294. The van der Waals surface area contributed by atoms with Gasteiger partial charge in [-0.25, -0.2) is 13.4 Å². The molecule has 0 saturated heterocycles. The molecule has 1 heterocycles. The molecule has 0 radical (unpaired) electrons. The molecule has 0 amide bonds. The number of carbonyl (C=O) groups is 1. The summed E-state index contributed by atoms with van der Waals surface area (Å²) in [6.07, 6.45) is 0. The summed E-state index contributed by atoms with van der Waals surface area (Å²) in [5, 5.41) is 0.811. The van der Waals surface area contributed by atoms with Crippen molar-refractivity contribution >= 4 is 50.4 Å². The van der Waals surface area contributed by atoms with E-state index in [1.54, 1.807) is 41.0 Å². The van der Waals surface area contributed by atoms with Gasteiger partial charge >= 0.3 is 0 Å². The average Bonchev–Trinajstić information content (AvgIpc) is 3.11. The van der Waals surface area contributed by atoms with Crippen molar-refractivity contribution in [2.75, 3.05) is 5.75 Å². The first-order valence-electron chi connectivity index (χ1n) is 9.38. The van der Waals surface area contributed by atoms with E-state index in [4.69, 9.17) is 34.8 Å². The van der Waals surface area contributed by atoms with Crippen LogP contribution in [0.4, 0.5) is 0 Å². The lowest BCUT2D eigenvalue weighted by atomic mass is 10.2. The third-order valence-electron chi connectivity index (χ3n) is 4.71. The summed E-state index contributed by atoms with van der Waals surface area (Å²) in [7, 11) is -3.92. The highest BCUT2D eigenvalue weighted by Crippen LogP contribution is 2.34. The standard InChI is InChI=1S/C23H15Cl3N2O3S/c24-15-10-12-17(13-11-15)32(30,31)14-20(29)21-22(26)28(16-6-2-1-3-7-16)23(27-21)18-8-4-5-9-19(18)25/h1-13H,14H2. The minimum Gasteiger partial charge on any atom is -0.291 e. The highest BCUT2D eigenvalue weighted by molar-refractivity contribution is 7.92. The highest BCUT2D eigenvalue weighted by Gasteiger charge is 2.28. The first-order chi connectivity index (χ1) is 15.3. The van der Waals surface area contributed by atoms with E-state index in [9.17, 15) is 13.2 Å². The van der Waals surface area contributed by atoms with Gasteiger partial charge in [-0.2, -0.15) is 0 Å². The Morgan fingerprint density at radius 1 is 0.844 bits per heavy atom. The number of nitrogens with zero attached hydrogens (tertiary/aromatic N) is 2. The minimum atomic E-state index is -3.92. The predicted octanol–water partition coefficient (Wildman–Crippen LogP) is 6.16. The van der Waals surface area contributed by atoms with Crippen LogP contribution in [0.5, 0.6) is 0 Å². The van der Waals surface area contributed by atoms with Gasteiger partial charge in [-0.15, -0.1) is 0 Å². The van der Waals surface area contributed by atoms with E-state index in [1.165, 1.54) is 24.3 Å². The first kappa shape index (κ1) is 22.6. The Kier molecular flexibility index (Phi) is 6.40. The van der Waals surface area contributed by atoms with Crippen LogP contribution in [-0.4, -0.2) is 29.5 Å². The van der Waals surface area contributed by atoms with Gasteiger partial charge in [0.2, 0.25) is 0 Å². The van der Waals surface area contributed by atoms with Crippen molar-refractivity contribution in [3.05, 3.63) is 99.8 Å². The summed E-state index contributed by atoms with van der Waals surface area (Å²) >= 11 is 18.8. The molecule has 0 spiro atoms. The van der Waals surface area contributed by atoms with E-state index in [-0.39, 0.29) is 15.7 Å². The number of benzene rings is 3. The van der Waals surface area contributed by atoms with Gasteiger partial charge in [0.15, 0.2) is 15.6 Å². The molecular formula is C23H15Cl3N2O3S. The summed E-state index contributed by atoms with van der Waals surface area (Å²) < 4.78 is 27.1. The van der Waals surface area contributed by atoms with Gasteiger partial charge in [-0.05, 0) is 48.5 Å². The number of halogens is 3. The molecular weight excluding hydrogens is 491 g/mol. The Bertz CT molecular complexity index is 1400. The lowest BCUT2D eigenvalue weighted by Gasteiger charge is -2.10. The topological polar surface area (TPSA) is 69.0 Å². The molecule has 0 aliphatic heterocycles. The summed E-state index contributed by atoms with van der Waals surface area (Å²) in [6.45, 7) is 0. The number of Topliss-reactive ketones (excluding diaryl/α,β-unsaturated/α-hetero) is 1. The Morgan fingerprint density at radius 2 is 1.47 bits per heavy atom. The largest absolute Gasteiger partial charge is 0.291 e. The number of rotatable bonds is 6. The molecule has 0 unspecified atom stereocenters. The summed E-state index contributed by atoms with van der Waals surface area (Å²) in [5.74, 6) is -1.19. The van der Waals surface area contributed by atoms with Gasteiger partial charge in [-0.3, -0.25) is 9.36 Å². The number of imidazole rings is 1. The fourth-order valence-corrected chi connectivity index (χ4v) is 5.05. The van der Waals surface area contributed by atoms with Gasteiger partial charge in [0, 0.05) is 16.3 Å². The van der Waals surface area contributed by atoms with Gasteiger partial charge in [0.25, 0.3) is 0 Å². The SMILES string of the molecule is O=C(CS(=O)(=O)c1ccc(Cl)cc1)c1nc(-c2ccccc2Cl)n(-c2ccccc2)c1Cl. The molecule has 5 nitrogen and oxygen atoms in total. The van der Waals surface area contributed by atoms with Crippen LogP contribution in [0.2, 0.25) is 15.2 Å². The molecule has 0 bridgehead atoms. The van der Waals surface area contributed by atoms with Crippen molar-refractivity contribution in [2.24, 2.45) is 0 Å². The number of hydrogen-bond acceptors (Lipinski definition) is 4. The third-order valence-corrected chi connectivity index (χ3v) is 7.27. The molecule has 4 aromatic rings. The van der Waals surface area contributed by atoms with Crippen LogP contribution in [0, 0.1) is 0 Å². The number of hydrogen-bond donors (Lipinski definition) is 0. The van der Waals surface area contributed by atoms with Crippen molar-refractivity contribution in [3.8, 4) is 17.1 Å². The van der Waals surface area contributed by atoms with Crippen molar-refractivity contribution < 1.29 is 13.2 Å². The normalized spacial score (nSPS) is 11.5. The molecule has 0 atom stereocenters. The molecule has 4 rings (SSSR count). The molecule has 0 fully saturated rings. The van der Waals surface area contributed by atoms with E-state index in [2.05, 4.69) is 4.98 Å². The second kappa shape index (κ2) is 9.08. The van der Waals surface area contributed by atoms with Crippen molar-refractivity contribution in [1.29, 1.82) is 0 Å². The second-order valence-electron chi connectivity index (χ2n) is 6.86. The van der Waals surface area contributed by atoms with Crippen LogP contribution in [-0.2, 0) is 9.84 Å². The molecule has 1 aromatic heterocycles. The molecule has 9 heteroatoms. The zero-order valence-electron chi connectivity index (χ0n) is 16.4. The highest BCUT2D eigenvalue weighted by atomic mass is 35.5. The molecule has 0 N–H and O–H groups in total. The predicted molar refractivity (Wildman–Crippen MR) is 127 cm³/mol. The van der Waals surface area contributed by atoms with E-state index >= 15 is 0 Å². The van der Waals surface area contributed by atoms with Crippen LogP contribution in [0.3, 0.4) is 0 Å². The minimum absolute atomic E-state index is 0.00225. The van der Waals surface area contributed by atoms with Gasteiger partial charge < -0.3 is 0 Å². The average molecular weight is 506 g/mol. The number of sulfone groups is 1. The van der Waals surface area contributed by atoms with Gasteiger partial charge in [-0.1, -0.05) is 65.1 Å². The molecule has 0 aliphatic carbocycles. The smallest absolute Gasteiger partial charge is 0.199 e. The number of ketones is 1. The summed E-state index contributed by atoms with van der Waals surface area (Å²) in [5.41, 5.74) is 1.06. The van der Waals surface area contributed by atoms with Crippen LogP contribution < -0.4 is 0 Å². The molecule has 162 valence electrons. The Balaban J connectivity index is 1.81. The number of aromatic nitrogens is 2. The fourth-order valence-electron chi connectivity index (χ4n) is 3.18. The monoisotopic (exact) mass is 504 g/mol.